The summed E-state index contributed by atoms with van der Waals surface area (Å²) < 4.78 is 0. The highest BCUT2D eigenvalue weighted by Gasteiger charge is 2.30. The molecule has 0 aromatic heterocycles. The Morgan fingerprint density at radius 3 is 2.57 bits per heavy atom. The molecule has 14 heavy (non-hydrogen) atoms. The fraction of sp³-hybridized carbons (Fsp3) is 1.00. The summed E-state index contributed by atoms with van der Waals surface area (Å²) in [5.74, 6) is 0.719. The maximum atomic E-state index is 5.66. The molecule has 1 rings (SSSR count). The molecule has 2 heteroatoms. The predicted octanol–water partition coefficient (Wildman–Crippen LogP) is 2.14. The van der Waals surface area contributed by atoms with Gasteiger partial charge in [0, 0.05) is 6.54 Å². The maximum Gasteiger partial charge on any atom is 0.000516 e. The van der Waals surface area contributed by atoms with Gasteiger partial charge < -0.3 is 11.1 Å². The van der Waals surface area contributed by atoms with E-state index in [-0.39, 0.29) is 0 Å². The first-order chi connectivity index (χ1) is 6.70. The number of nitrogens with two attached hydrogens (primary N) is 1. The van der Waals surface area contributed by atoms with Crippen molar-refractivity contribution in [2.24, 2.45) is 17.1 Å². The van der Waals surface area contributed by atoms with Crippen LogP contribution in [-0.4, -0.2) is 19.6 Å². The fourth-order valence-electron chi connectivity index (χ4n) is 2.14. The van der Waals surface area contributed by atoms with E-state index in [9.17, 15) is 0 Å². The molecule has 1 unspecified atom stereocenters. The molecule has 1 saturated carbocycles. The Morgan fingerprint density at radius 2 is 2.14 bits per heavy atom. The molecule has 2 nitrogen and oxygen atoms in total. The van der Waals surface area contributed by atoms with Crippen molar-refractivity contribution >= 4 is 0 Å². The minimum absolute atomic E-state index is 0.616. The second kappa shape index (κ2) is 5.72. The van der Waals surface area contributed by atoms with Crippen LogP contribution in [0.2, 0.25) is 0 Å². The molecule has 3 N–H and O–H groups in total. The van der Waals surface area contributed by atoms with Gasteiger partial charge in [-0.05, 0) is 43.7 Å². The van der Waals surface area contributed by atoms with Crippen molar-refractivity contribution in [3.8, 4) is 0 Å². The van der Waals surface area contributed by atoms with E-state index in [0.717, 1.165) is 19.0 Å². The molecule has 0 bridgehead atoms. The highest BCUT2D eigenvalue weighted by Crippen LogP contribution is 2.39. The smallest absolute Gasteiger partial charge is 0.000516 e. The van der Waals surface area contributed by atoms with Gasteiger partial charge in [0.15, 0.2) is 0 Å². The van der Waals surface area contributed by atoms with Crippen molar-refractivity contribution in [1.82, 2.24) is 5.32 Å². The highest BCUT2D eigenvalue weighted by atomic mass is 14.9. The van der Waals surface area contributed by atoms with E-state index >= 15 is 0 Å². The SMILES string of the molecule is CCC(CN)CCNCC1(C)CCC1. The molecule has 0 spiro atoms. The van der Waals surface area contributed by atoms with E-state index in [2.05, 4.69) is 19.2 Å². The number of rotatable bonds is 7. The third kappa shape index (κ3) is 3.58. The number of hydrogen-bond acceptors (Lipinski definition) is 2. The van der Waals surface area contributed by atoms with E-state index in [4.69, 9.17) is 5.73 Å². The Kier molecular flexibility index (Phi) is 4.90. The quantitative estimate of drug-likeness (QED) is 0.615. The fourth-order valence-corrected chi connectivity index (χ4v) is 2.14. The molecule has 84 valence electrons. The van der Waals surface area contributed by atoms with Crippen molar-refractivity contribution in [1.29, 1.82) is 0 Å². The summed E-state index contributed by atoms with van der Waals surface area (Å²) in [6.07, 6.45) is 6.71. The molecule has 1 fully saturated rings. The van der Waals surface area contributed by atoms with Crippen LogP contribution < -0.4 is 11.1 Å². The molecule has 1 atom stereocenters. The second-order valence-electron chi connectivity index (χ2n) is 5.14. The second-order valence-corrected chi connectivity index (χ2v) is 5.14. The summed E-state index contributed by atoms with van der Waals surface area (Å²) in [5, 5.41) is 3.57. The van der Waals surface area contributed by atoms with Crippen LogP contribution in [0.15, 0.2) is 0 Å². The van der Waals surface area contributed by atoms with Gasteiger partial charge in [-0.25, -0.2) is 0 Å². The highest BCUT2D eigenvalue weighted by molar-refractivity contribution is 4.85. The Bertz CT molecular complexity index is 148. The van der Waals surface area contributed by atoms with Gasteiger partial charge in [0.1, 0.15) is 0 Å². The van der Waals surface area contributed by atoms with Gasteiger partial charge >= 0.3 is 0 Å². The molecule has 0 radical (unpaired) electrons. The minimum Gasteiger partial charge on any atom is -0.330 e. The van der Waals surface area contributed by atoms with Crippen molar-refractivity contribution in [2.75, 3.05) is 19.6 Å². The summed E-state index contributed by atoms with van der Waals surface area (Å²) in [4.78, 5) is 0. The Hall–Kier alpha value is -0.0800. The Morgan fingerprint density at radius 1 is 1.43 bits per heavy atom. The van der Waals surface area contributed by atoms with Crippen molar-refractivity contribution in [3.63, 3.8) is 0 Å². The topological polar surface area (TPSA) is 38.0 Å². The van der Waals surface area contributed by atoms with Crippen molar-refractivity contribution in [2.45, 2.75) is 46.0 Å². The van der Waals surface area contributed by atoms with Crippen molar-refractivity contribution in [3.05, 3.63) is 0 Å². The number of hydrogen-bond donors (Lipinski definition) is 2. The lowest BCUT2D eigenvalue weighted by Crippen LogP contribution is -2.38. The van der Waals surface area contributed by atoms with Gasteiger partial charge in [-0.2, -0.15) is 0 Å². The zero-order chi connectivity index (χ0) is 10.4. The monoisotopic (exact) mass is 198 g/mol. The van der Waals surface area contributed by atoms with Crippen LogP contribution in [0.5, 0.6) is 0 Å². The minimum atomic E-state index is 0.616. The molecular weight excluding hydrogens is 172 g/mol. The molecule has 0 saturated heterocycles. The molecule has 0 heterocycles. The molecule has 1 aliphatic carbocycles. The van der Waals surface area contributed by atoms with Crippen LogP contribution in [0.3, 0.4) is 0 Å². The van der Waals surface area contributed by atoms with Crippen LogP contribution in [-0.2, 0) is 0 Å². The van der Waals surface area contributed by atoms with Gasteiger partial charge in [-0.1, -0.05) is 26.7 Å². The van der Waals surface area contributed by atoms with Crippen LogP contribution in [0, 0.1) is 11.3 Å². The van der Waals surface area contributed by atoms with Gasteiger partial charge in [-0.15, -0.1) is 0 Å². The first-order valence-electron chi connectivity index (χ1n) is 6.11. The third-order valence-electron chi connectivity index (χ3n) is 3.75. The maximum absolute atomic E-state index is 5.66. The third-order valence-corrected chi connectivity index (χ3v) is 3.75. The molecule has 0 aliphatic heterocycles. The normalized spacial score (nSPS) is 21.6. The van der Waals surface area contributed by atoms with Crippen LogP contribution in [0.25, 0.3) is 0 Å². The zero-order valence-electron chi connectivity index (χ0n) is 9.81. The van der Waals surface area contributed by atoms with E-state index in [1.54, 1.807) is 0 Å². The largest absolute Gasteiger partial charge is 0.330 e. The van der Waals surface area contributed by atoms with Gasteiger partial charge in [0.25, 0.3) is 0 Å². The lowest BCUT2D eigenvalue weighted by Gasteiger charge is -2.38. The van der Waals surface area contributed by atoms with Crippen LogP contribution >= 0.6 is 0 Å². The van der Waals surface area contributed by atoms with E-state index in [1.165, 1.54) is 38.6 Å². The van der Waals surface area contributed by atoms with Gasteiger partial charge in [-0.3, -0.25) is 0 Å². The van der Waals surface area contributed by atoms with Gasteiger partial charge in [0.05, 0.1) is 0 Å². The van der Waals surface area contributed by atoms with Crippen molar-refractivity contribution < 1.29 is 0 Å². The van der Waals surface area contributed by atoms with E-state index < -0.39 is 0 Å². The van der Waals surface area contributed by atoms with E-state index in [1.807, 2.05) is 0 Å². The predicted molar refractivity (Wildman–Crippen MR) is 62.3 cm³/mol. The molecule has 1 aliphatic rings. The Balaban J connectivity index is 1.98. The molecule has 0 aromatic carbocycles. The lowest BCUT2D eigenvalue weighted by molar-refractivity contribution is 0.156. The standard InChI is InChI=1S/C12H26N2/c1-3-11(9-13)5-8-14-10-12(2)6-4-7-12/h11,14H,3-10,13H2,1-2H3. The first kappa shape index (κ1) is 12.0. The van der Waals surface area contributed by atoms with Crippen LogP contribution in [0.1, 0.15) is 46.0 Å². The summed E-state index contributed by atoms with van der Waals surface area (Å²) >= 11 is 0. The number of nitrogens with one attached hydrogen (secondary N) is 1. The summed E-state index contributed by atoms with van der Waals surface area (Å²) in [5.41, 5.74) is 6.28. The average Bonchev–Trinajstić information content (AvgIpc) is 2.15. The van der Waals surface area contributed by atoms with Gasteiger partial charge in [0.2, 0.25) is 0 Å². The molecule has 0 aromatic rings. The molecular formula is C12H26N2. The zero-order valence-corrected chi connectivity index (χ0v) is 9.81. The summed E-state index contributed by atoms with van der Waals surface area (Å²) in [7, 11) is 0. The van der Waals surface area contributed by atoms with Crippen LogP contribution in [0.4, 0.5) is 0 Å². The Labute approximate surface area is 88.6 Å². The molecule has 0 amide bonds. The van der Waals surface area contributed by atoms with E-state index in [0.29, 0.717) is 5.41 Å². The average molecular weight is 198 g/mol. The summed E-state index contributed by atoms with van der Waals surface area (Å²) in [6.45, 7) is 7.81. The lowest BCUT2D eigenvalue weighted by atomic mass is 9.70. The summed E-state index contributed by atoms with van der Waals surface area (Å²) in [6, 6.07) is 0. The first-order valence-corrected chi connectivity index (χ1v) is 6.11.